The summed E-state index contributed by atoms with van der Waals surface area (Å²) in [5.41, 5.74) is 2.43. The molecule has 1 aliphatic heterocycles. The van der Waals surface area contributed by atoms with Crippen LogP contribution in [-0.2, 0) is 14.6 Å². The van der Waals surface area contributed by atoms with Crippen LogP contribution >= 0.6 is 11.3 Å². The Morgan fingerprint density at radius 2 is 1.71 bits per heavy atom. The van der Waals surface area contributed by atoms with E-state index in [4.69, 9.17) is 14.7 Å². The van der Waals surface area contributed by atoms with E-state index in [9.17, 15) is 13.2 Å². The van der Waals surface area contributed by atoms with E-state index in [1.54, 1.807) is 29.2 Å². The molecule has 3 aromatic rings. The summed E-state index contributed by atoms with van der Waals surface area (Å²) in [4.78, 5) is 26.5. The molecule has 2 aromatic heterocycles. The average Bonchev–Trinajstić information content (AvgIpc) is 3.16. The molecule has 1 amide bonds. The third kappa shape index (κ3) is 4.80. The number of hydrogen-bond donors (Lipinski definition) is 0. The van der Waals surface area contributed by atoms with Crippen LogP contribution in [0.5, 0.6) is 0 Å². The third-order valence-corrected chi connectivity index (χ3v) is 7.12. The molecule has 1 fully saturated rings. The Morgan fingerprint density at radius 3 is 2.32 bits per heavy atom. The summed E-state index contributed by atoms with van der Waals surface area (Å²) in [6.07, 6.45) is 0.794. The van der Waals surface area contributed by atoms with Gasteiger partial charge in [-0.3, -0.25) is 0 Å². The van der Waals surface area contributed by atoms with E-state index in [1.165, 1.54) is 17.6 Å². The Kier molecular flexibility index (Phi) is 5.85. The van der Waals surface area contributed by atoms with Gasteiger partial charge in [0.2, 0.25) is 0 Å². The van der Waals surface area contributed by atoms with Crippen molar-refractivity contribution in [2.75, 3.05) is 37.3 Å². The van der Waals surface area contributed by atoms with E-state index in [2.05, 4.69) is 4.90 Å². The average molecular weight is 461 g/mol. The molecule has 1 aromatic carbocycles. The van der Waals surface area contributed by atoms with Gasteiger partial charge in [0.1, 0.15) is 10.3 Å². The quantitative estimate of drug-likeness (QED) is 0.589. The molecule has 3 heterocycles. The molecule has 10 heteroatoms. The van der Waals surface area contributed by atoms with Crippen LogP contribution in [0.2, 0.25) is 0 Å². The number of rotatable bonds is 4. The fourth-order valence-electron chi connectivity index (χ4n) is 3.33. The van der Waals surface area contributed by atoms with Gasteiger partial charge < -0.3 is 14.5 Å². The van der Waals surface area contributed by atoms with E-state index in [-0.39, 0.29) is 17.1 Å². The van der Waals surface area contributed by atoms with Crippen molar-refractivity contribution in [2.45, 2.75) is 24.8 Å². The van der Waals surface area contributed by atoms with E-state index < -0.39 is 9.84 Å². The van der Waals surface area contributed by atoms with E-state index >= 15 is 0 Å². The second kappa shape index (κ2) is 8.43. The zero-order chi connectivity index (χ0) is 22.2. The number of carbonyl (C=O) groups is 1. The van der Waals surface area contributed by atoms with Gasteiger partial charge >= 0.3 is 6.09 Å². The summed E-state index contributed by atoms with van der Waals surface area (Å²) in [7, 11) is -3.23. The topological polar surface area (TPSA) is 92.7 Å². The highest BCUT2D eigenvalue weighted by molar-refractivity contribution is 7.90. The molecule has 0 spiro atoms. The van der Waals surface area contributed by atoms with Crippen LogP contribution in [0.3, 0.4) is 0 Å². The molecule has 0 atom stereocenters. The Morgan fingerprint density at radius 1 is 1.03 bits per heavy atom. The van der Waals surface area contributed by atoms with Crippen LogP contribution in [-0.4, -0.2) is 67.9 Å². The Labute approximate surface area is 185 Å². The first kappa shape index (κ1) is 21.5. The predicted octanol–water partition coefficient (Wildman–Crippen LogP) is 3.43. The minimum absolute atomic E-state index is 0.127. The van der Waals surface area contributed by atoms with Crippen molar-refractivity contribution in [3.05, 3.63) is 36.4 Å². The fourth-order valence-corrected chi connectivity index (χ4v) is 4.95. The first-order valence-electron chi connectivity index (χ1n) is 9.99. The lowest BCUT2D eigenvalue weighted by Gasteiger charge is -2.34. The van der Waals surface area contributed by atoms with Crippen molar-refractivity contribution >= 4 is 42.7 Å². The largest absolute Gasteiger partial charge is 0.447 e. The number of thiazole rings is 1. The van der Waals surface area contributed by atoms with Crippen LogP contribution in [0.15, 0.2) is 41.3 Å². The molecular formula is C21H24N4O4S2. The summed E-state index contributed by atoms with van der Waals surface area (Å²) in [5, 5.41) is 0.879. The van der Waals surface area contributed by atoms with Gasteiger partial charge in [-0.25, -0.2) is 23.2 Å². The second-order valence-electron chi connectivity index (χ2n) is 7.72. The molecule has 8 nitrogen and oxygen atoms in total. The molecule has 0 N–H and O–H groups in total. The lowest BCUT2D eigenvalue weighted by atomic mass is 10.1. The maximum Gasteiger partial charge on any atom is 0.410 e. The van der Waals surface area contributed by atoms with Crippen molar-refractivity contribution in [1.29, 1.82) is 0 Å². The normalized spacial score (nSPS) is 15.0. The highest BCUT2D eigenvalue weighted by Crippen LogP contribution is 2.30. The van der Waals surface area contributed by atoms with E-state index in [1.807, 2.05) is 26.0 Å². The van der Waals surface area contributed by atoms with Crippen LogP contribution in [0.1, 0.15) is 13.8 Å². The molecule has 0 saturated carbocycles. The van der Waals surface area contributed by atoms with Gasteiger partial charge in [0, 0.05) is 38.0 Å². The predicted molar refractivity (Wildman–Crippen MR) is 121 cm³/mol. The van der Waals surface area contributed by atoms with Gasteiger partial charge in [0.05, 0.1) is 16.7 Å². The van der Waals surface area contributed by atoms with Gasteiger partial charge in [-0.05, 0) is 38.1 Å². The Bertz CT molecular complexity index is 1200. The monoisotopic (exact) mass is 460 g/mol. The van der Waals surface area contributed by atoms with Crippen LogP contribution in [0.4, 0.5) is 9.93 Å². The second-order valence-corrected chi connectivity index (χ2v) is 10.7. The van der Waals surface area contributed by atoms with Crippen molar-refractivity contribution in [3.8, 4) is 11.3 Å². The smallest absolute Gasteiger partial charge is 0.410 e. The zero-order valence-corrected chi connectivity index (χ0v) is 19.2. The highest BCUT2D eigenvalue weighted by Gasteiger charge is 2.24. The number of ether oxygens (including phenoxy) is 1. The highest BCUT2D eigenvalue weighted by atomic mass is 32.2. The number of benzene rings is 1. The number of fused-ring (bicyclic) bond motifs is 1. The van der Waals surface area contributed by atoms with Crippen LogP contribution in [0.25, 0.3) is 21.6 Å². The molecule has 0 radical (unpaired) electrons. The molecule has 0 bridgehead atoms. The third-order valence-electron chi connectivity index (χ3n) is 4.97. The van der Waals surface area contributed by atoms with Crippen molar-refractivity contribution in [1.82, 2.24) is 14.9 Å². The molecule has 164 valence electrons. The van der Waals surface area contributed by atoms with E-state index in [0.717, 1.165) is 26.7 Å². The first-order chi connectivity index (χ1) is 14.7. The molecule has 0 unspecified atom stereocenters. The van der Waals surface area contributed by atoms with Crippen molar-refractivity contribution in [3.63, 3.8) is 0 Å². The van der Waals surface area contributed by atoms with Crippen LogP contribution in [0, 0.1) is 0 Å². The lowest BCUT2D eigenvalue weighted by molar-refractivity contribution is 0.0751. The minimum atomic E-state index is -3.23. The number of carbonyl (C=O) groups excluding carboxylic acids is 1. The van der Waals surface area contributed by atoms with Gasteiger partial charge in [0.25, 0.3) is 0 Å². The fraction of sp³-hybridized carbons (Fsp3) is 0.381. The van der Waals surface area contributed by atoms with Gasteiger partial charge in [-0.2, -0.15) is 0 Å². The molecule has 0 aliphatic carbocycles. The van der Waals surface area contributed by atoms with Crippen molar-refractivity contribution < 1.29 is 17.9 Å². The van der Waals surface area contributed by atoms with E-state index in [0.29, 0.717) is 26.2 Å². The molecule has 1 aliphatic rings. The number of nitrogens with zero attached hydrogens (tertiary/aromatic N) is 4. The number of sulfone groups is 1. The minimum Gasteiger partial charge on any atom is -0.447 e. The number of aromatic nitrogens is 2. The summed E-state index contributed by atoms with van der Waals surface area (Å²) < 4.78 is 28.6. The number of piperazine rings is 1. The molecule has 4 rings (SSSR count). The Balaban J connectivity index is 1.49. The SMILES string of the molecule is CC(C)OC(=O)N1CCN(c2nc3ccc(-c4ccc(S(C)(=O)=O)cc4)nc3s2)CC1. The Hall–Kier alpha value is -2.72. The zero-order valence-electron chi connectivity index (χ0n) is 17.6. The maximum absolute atomic E-state index is 12.1. The summed E-state index contributed by atoms with van der Waals surface area (Å²) in [6.45, 7) is 6.24. The number of hydrogen-bond acceptors (Lipinski definition) is 8. The van der Waals surface area contributed by atoms with Gasteiger partial charge in [-0.1, -0.05) is 23.5 Å². The molecular weight excluding hydrogens is 436 g/mol. The molecule has 31 heavy (non-hydrogen) atoms. The van der Waals surface area contributed by atoms with Crippen molar-refractivity contribution in [2.24, 2.45) is 0 Å². The summed E-state index contributed by atoms with van der Waals surface area (Å²) in [5.74, 6) is 0. The van der Waals surface area contributed by atoms with Crippen LogP contribution < -0.4 is 4.90 Å². The molecule has 1 saturated heterocycles. The standard InChI is InChI=1S/C21H24N4O4S2/c1-14(2)29-21(26)25-12-10-24(11-13-25)20-23-18-9-8-17(22-19(18)30-20)15-4-6-16(7-5-15)31(3,27)28/h4-9,14H,10-13H2,1-3H3. The lowest BCUT2D eigenvalue weighted by Crippen LogP contribution is -2.49. The summed E-state index contributed by atoms with van der Waals surface area (Å²) >= 11 is 1.51. The number of amides is 1. The summed E-state index contributed by atoms with van der Waals surface area (Å²) in [6, 6.07) is 10.5. The number of pyridine rings is 1. The van der Waals surface area contributed by atoms with Gasteiger partial charge in [-0.15, -0.1) is 0 Å². The first-order valence-corrected chi connectivity index (χ1v) is 12.7. The maximum atomic E-state index is 12.1. The number of anilines is 1. The van der Waals surface area contributed by atoms with Gasteiger partial charge in [0.15, 0.2) is 15.0 Å².